The number of aliphatic carboxylic acids is 1. The molecule has 0 radical (unpaired) electrons. The van der Waals surface area contributed by atoms with E-state index in [-0.39, 0.29) is 4.91 Å². The summed E-state index contributed by atoms with van der Waals surface area (Å²) < 4.78 is 6.04. The SMILES string of the molecule is O=C(O)CN1C(=O)S/C(=C/c2ccccc2OCc2cccc3ccccc23)C1=O. The number of thioether (sulfide) groups is 1. The molecule has 1 aliphatic heterocycles. The molecule has 1 saturated heterocycles. The zero-order valence-electron chi connectivity index (χ0n) is 15.8. The number of nitrogens with zero attached hydrogens (tertiary/aromatic N) is 1. The Bertz CT molecular complexity index is 1180. The number of carbonyl (C=O) groups excluding carboxylic acids is 2. The molecule has 1 fully saturated rings. The van der Waals surface area contributed by atoms with E-state index in [2.05, 4.69) is 0 Å². The van der Waals surface area contributed by atoms with Gasteiger partial charge >= 0.3 is 5.97 Å². The van der Waals surface area contributed by atoms with Gasteiger partial charge in [-0.25, -0.2) is 0 Å². The first-order valence-corrected chi connectivity index (χ1v) is 10.0. The van der Waals surface area contributed by atoms with Crippen molar-refractivity contribution in [3.8, 4) is 5.75 Å². The van der Waals surface area contributed by atoms with Crippen molar-refractivity contribution >= 4 is 45.7 Å². The fourth-order valence-electron chi connectivity index (χ4n) is 3.22. The van der Waals surface area contributed by atoms with Crippen LogP contribution in [-0.2, 0) is 16.2 Å². The molecule has 0 aromatic heterocycles. The summed E-state index contributed by atoms with van der Waals surface area (Å²) in [5.74, 6) is -1.29. The quantitative estimate of drug-likeness (QED) is 0.591. The van der Waals surface area contributed by atoms with E-state index in [1.165, 1.54) is 0 Å². The van der Waals surface area contributed by atoms with E-state index in [4.69, 9.17) is 9.84 Å². The third kappa shape index (κ3) is 4.06. The number of hydrogen-bond donors (Lipinski definition) is 1. The average Bonchev–Trinajstić information content (AvgIpc) is 3.00. The monoisotopic (exact) mass is 419 g/mol. The van der Waals surface area contributed by atoms with Gasteiger partial charge in [-0.1, -0.05) is 60.7 Å². The molecule has 1 N–H and O–H groups in total. The normalized spacial score (nSPS) is 15.2. The van der Waals surface area contributed by atoms with Gasteiger partial charge in [0, 0.05) is 5.56 Å². The van der Waals surface area contributed by atoms with Crippen molar-refractivity contribution in [3.63, 3.8) is 0 Å². The average molecular weight is 419 g/mol. The lowest BCUT2D eigenvalue weighted by Crippen LogP contribution is -2.33. The first kappa shape index (κ1) is 19.7. The summed E-state index contributed by atoms with van der Waals surface area (Å²) in [5.41, 5.74) is 1.67. The summed E-state index contributed by atoms with van der Waals surface area (Å²) in [6.07, 6.45) is 1.56. The number of hydrogen-bond acceptors (Lipinski definition) is 5. The first-order chi connectivity index (χ1) is 14.5. The van der Waals surface area contributed by atoms with Gasteiger partial charge in [-0.2, -0.15) is 0 Å². The van der Waals surface area contributed by atoms with Crippen LogP contribution in [0.15, 0.2) is 71.6 Å². The van der Waals surface area contributed by atoms with Gasteiger partial charge in [-0.05, 0) is 40.2 Å². The van der Waals surface area contributed by atoms with Gasteiger partial charge in [0.25, 0.3) is 11.1 Å². The molecule has 1 heterocycles. The molecule has 4 rings (SSSR count). The highest BCUT2D eigenvalue weighted by atomic mass is 32.2. The fourth-order valence-corrected chi connectivity index (χ4v) is 4.05. The minimum Gasteiger partial charge on any atom is -0.488 e. The second kappa shape index (κ2) is 8.42. The van der Waals surface area contributed by atoms with Crippen LogP contribution in [0.3, 0.4) is 0 Å². The Balaban J connectivity index is 1.57. The zero-order valence-corrected chi connectivity index (χ0v) is 16.6. The first-order valence-electron chi connectivity index (χ1n) is 9.18. The van der Waals surface area contributed by atoms with Gasteiger partial charge in [-0.3, -0.25) is 19.3 Å². The van der Waals surface area contributed by atoms with Crippen molar-refractivity contribution in [2.45, 2.75) is 6.61 Å². The second-order valence-electron chi connectivity index (χ2n) is 6.63. The van der Waals surface area contributed by atoms with Crippen LogP contribution in [0.25, 0.3) is 16.8 Å². The number of fused-ring (bicyclic) bond motifs is 1. The van der Waals surface area contributed by atoms with Crippen LogP contribution in [0.5, 0.6) is 5.75 Å². The predicted octanol–water partition coefficient (Wildman–Crippen LogP) is 4.54. The molecule has 0 aliphatic carbocycles. The zero-order chi connectivity index (χ0) is 21.1. The van der Waals surface area contributed by atoms with Crippen molar-refractivity contribution in [1.29, 1.82) is 0 Å². The minimum absolute atomic E-state index is 0.169. The highest BCUT2D eigenvalue weighted by molar-refractivity contribution is 8.18. The number of imide groups is 1. The molecule has 6 nitrogen and oxygen atoms in total. The van der Waals surface area contributed by atoms with Crippen LogP contribution in [0.4, 0.5) is 4.79 Å². The molecular weight excluding hydrogens is 402 g/mol. The Morgan fingerprint density at radius 1 is 1.00 bits per heavy atom. The number of ether oxygens (including phenoxy) is 1. The van der Waals surface area contributed by atoms with Crippen LogP contribution >= 0.6 is 11.8 Å². The molecule has 0 unspecified atom stereocenters. The number of amides is 2. The molecular formula is C23H17NO5S. The highest BCUT2D eigenvalue weighted by Gasteiger charge is 2.36. The fraction of sp³-hybridized carbons (Fsp3) is 0.0870. The molecule has 2 amide bonds. The lowest BCUT2D eigenvalue weighted by atomic mass is 10.1. The second-order valence-corrected chi connectivity index (χ2v) is 7.62. The van der Waals surface area contributed by atoms with Gasteiger partial charge in [-0.15, -0.1) is 0 Å². The Kier molecular flexibility index (Phi) is 5.54. The molecule has 150 valence electrons. The van der Waals surface area contributed by atoms with Crippen molar-refractivity contribution < 1.29 is 24.2 Å². The molecule has 0 atom stereocenters. The van der Waals surface area contributed by atoms with E-state index in [0.29, 0.717) is 17.9 Å². The topological polar surface area (TPSA) is 83.9 Å². The summed E-state index contributed by atoms with van der Waals surface area (Å²) in [6, 6.07) is 21.3. The van der Waals surface area contributed by atoms with Crippen LogP contribution in [0, 0.1) is 0 Å². The molecule has 3 aromatic carbocycles. The number of rotatable bonds is 6. The molecule has 0 bridgehead atoms. The maximum Gasteiger partial charge on any atom is 0.323 e. The number of carbonyl (C=O) groups is 3. The number of carboxylic acid groups (broad SMARTS) is 1. The lowest BCUT2D eigenvalue weighted by Gasteiger charge is -2.12. The summed E-state index contributed by atoms with van der Waals surface area (Å²) >= 11 is 0.723. The minimum atomic E-state index is -1.24. The third-order valence-electron chi connectivity index (χ3n) is 4.64. The van der Waals surface area contributed by atoms with Gasteiger partial charge in [0.15, 0.2) is 0 Å². The maximum atomic E-state index is 12.4. The largest absolute Gasteiger partial charge is 0.488 e. The smallest absolute Gasteiger partial charge is 0.323 e. The molecule has 7 heteroatoms. The Morgan fingerprint density at radius 2 is 1.73 bits per heavy atom. The lowest BCUT2D eigenvalue weighted by molar-refractivity contribution is -0.140. The maximum absolute atomic E-state index is 12.4. The number of para-hydroxylation sites is 1. The number of carboxylic acids is 1. The molecule has 30 heavy (non-hydrogen) atoms. The van der Waals surface area contributed by atoms with Crippen LogP contribution in [-0.4, -0.2) is 33.7 Å². The predicted molar refractivity (Wildman–Crippen MR) is 115 cm³/mol. The summed E-state index contributed by atoms with van der Waals surface area (Å²) in [6.45, 7) is -0.312. The van der Waals surface area contributed by atoms with Crippen molar-refractivity contribution in [1.82, 2.24) is 4.90 Å². The van der Waals surface area contributed by atoms with E-state index in [1.807, 2.05) is 48.5 Å². The van der Waals surface area contributed by atoms with E-state index >= 15 is 0 Å². The standard InChI is InChI=1S/C23H17NO5S/c25-21(26)13-24-22(27)20(30-23(24)28)12-16-7-2-4-11-19(16)29-14-17-9-5-8-15-6-1-3-10-18(15)17/h1-12H,13-14H2,(H,25,26)/b20-12+. The van der Waals surface area contributed by atoms with Gasteiger partial charge < -0.3 is 9.84 Å². The molecule has 0 saturated carbocycles. The van der Waals surface area contributed by atoms with Crippen LogP contribution in [0.1, 0.15) is 11.1 Å². The Hall–Kier alpha value is -3.58. The molecule has 1 aliphatic rings. The van der Waals surface area contributed by atoms with E-state index < -0.39 is 23.7 Å². The van der Waals surface area contributed by atoms with E-state index in [9.17, 15) is 14.4 Å². The summed E-state index contributed by atoms with van der Waals surface area (Å²) in [5, 5.41) is 10.5. The molecule has 0 spiro atoms. The number of benzene rings is 3. The summed E-state index contributed by atoms with van der Waals surface area (Å²) in [4.78, 5) is 36.2. The van der Waals surface area contributed by atoms with Crippen molar-refractivity contribution in [3.05, 3.63) is 82.8 Å². The van der Waals surface area contributed by atoms with Crippen molar-refractivity contribution in [2.24, 2.45) is 0 Å². The Morgan fingerprint density at radius 3 is 2.57 bits per heavy atom. The molecule has 3 aromatic rings. The van der Waals surface area contributed by atoms with E-state index in [1.54, 1.807) is 24.3 Å². The van der Waals surface area contributed by atoms with Gasteiger partial charge in [0.2, 0.25) is 0 Å². The van der Waals surface area contributed by atoms with Crippen LogP contribution < -0.4 is 4.74 Å². The third-order valence-corrected chi connectivity index (χ3v) is 5.54. The van der Waals surface area contributed by atoms with Gasteiger partial charge in [0.05, 0.1) is 4.91 Å². The highest BCUT2D eigenvalue weighted by Crippen LogP contribution is 2.34. The van der Waals surface area contributed by atoms with Gasteiger partial charge in [0.1, 0.15) is 18.9 Å². The van der Waals surface area contributed by atoms with Crippen molar-refractivity contribution in [2.75, 3.05) is 6.54 Å². The Labute approximate surface area is 176 Å². The van der Waals surface area contributed by atoms with Crippen LogP contribution in [0.2, 0.25) is 0 Å². The summed E-state index contributed by atoms with van der Waals surface area (Å²) in [7, 11) is 0. The van der Waals surface area contributed by atoms with E-state index in [0.717, 1.165) is 33.0 Å².